The second-order valence-corrected chi connectivity index (χ2v) is 7.69. The Morgan fingerprint density at radius 2 is 2.26 bits per heavy atom. The van der Waals surface area contributed by atoms with Gasteiger partial charge in [0, 0.05) is 18.9 Å². The summed E-state index contributed by atoms with van der Waals surface area (Å²) in [5, 5.41) is 9.43. The molecule has 9 heteroatoms. The van der Waals surface area contributed by atoms with Gasteiger partial charge in [0.05, 0.1) is 23.4 Å². The number of rotatable bonds is 4. The summed E-state index contributed by atoms with van der Waals surface area (Å²) in [7, 11) is -2.92. The first-order valence-corrected chi connectivity index (χ1v) is 9.05. The molecule has 1 fully saturated rings. The molecule has 2 aromatic heterocycles. The minimum Gasteiger partial charge on any atom is -0.338 e. The minimum absolute atomic E-state index is 0.00827. The van der Waals surface area contributed by atoms with Crippen LogP contribution in [-0.2, 0) is 9.84 Å². The Bertz CT molecular complexity index is 771. The van der Waals surface area contributed by atoms with Crippen molar-refractivity contribution >= 4 is 21.6 Å². The zero-order valence-corrected chi connectivity index (χ0v) is 13.2. The lowest BCUT2D eigenvalue weighted by Crippen LogP contribution is -2.33. The molecule has 8 nitrogen and oxygen atoms in total. The van der Waals surface area contributed by atoms with Gasteiger partial charge in [0.15, 0.2) is 15.7 Å². The topological polar surface area (TPSA) is 106 Å². The standard InChI is InChI=1S/C14H17N5O3S/c20-14(16-8-11-4-7-23(21,22)10-11)18-12-2-3-13(15-9-12)19-6-1-5-17-19/h1-3,5-6,9,11H,4,7-8,10H2,(H2,16,18,20). The summed E-state index contributed by atoms with van der Waals surface area (Å²) in [5.41, 5.74) is 0.553. The van der Waals surface area contributed by atoms with Gasteiger partial charge in [0.1, 0.15) is 0 Å². The highest BCUT2D eigenvalue weighted by molar-refractivity contribution is 7.91. The molecule has 1 atom stereocenters. The van der Waals surface area contributed by atoms with Gasteiger partial charge in [-0.25, -0.2) is 22.9 Å². The Morgan fingerprint density at radius 3 is 2.87 bits per heavy atom. The van der Waals surface area contributed by atoms with Gasteiger partial charge in [-0.15, -0.1) is 0 Å². The molecular formula is C14H17N5O3S. The van der Waals surface area contributed by atoms with Crippen molar-refractivity contribution in [2.24, 2.45) is 5.92 Å². The summed E-state index contributed by atoms with van der Waals surface area (Å²) in [5.74, 6) is 0.996. The van der Waals surface area contributed by atoms with Gasteiger partial charge in [0.2, 0.25) is 0 Å². The molecule has 122 valence electrons. The van der Waals surface area contributed by atoms with Crippen LogP contribution >= 0.6 is 0 Å². The lowest BCUT2D eigenvalue weighted by atomic mass is 10.1. The molecule has 0 spiro atoms. The summed E-state index contributed by atoms with van der Waals surface area (Å²) in [6.45, 7) is 0.351. The molecule has 23 heavy (non-hydrogen) atoms. The smallest absolute Gasteiger partial charge is 0.319 e. The van der Waals surface area contributed by atoms with Crippen LogP contribution in [0.3, 0.4) is 0 Å². The molecule has 1 aliphatic rings. The Labute approximate surface area is 133 Å². The highest BCUT2D eigenvalue weighted by Crippen LogP contribution is 2.17. The fraction of sp³-hybridized carbons (Fsp3) is 0.357. The molecule has 2 amide bonds. The average Bonchev–Trinajstić information content (AvgIpc) is 3.15. The maximum Gasteiger partial charge on any atom is 0.319 e. The lowest BCUT2D eigenvalue weighted by molar-refractivity contribution is 0.250. The molecular weight excluding hydrogens is 318 g/mol. The molecule has 2 aromatic rings. The van der Waals surface area contributed by atoms with Crippen molar-refractivity contribution in [3.8, 4) is 5.82 Å². The van der Waals surface area contributed by atoms with E-state index in [0.717, 1.165) is 0 Å². The number of carbonyl (C=O) groups is 1. The first kappa shape index (κ1) is 15.5. The molecule has 1 saturated heterocycles. The second-order valence-electron chi connectivity index (χ2n) is 5.46. The molecule has 0 aromatic carbocycles. The van der Waals surface area contributed by atoms with Crippen LogP contribution in [0.5, 0.6) is 0 Å². The van der Waals surface area contributed by atoms with Crippen LogP contribution in [0.1, 0.15) is 6.42 Å². The zero-order valence-electron chi connectivity index (χ0n) is 12.3. The van der Waals surface area contributed by atoms with E-state index < -0.39 is 9.84 Å². The number of amides is 2. The SMILES string of the molecule is O=C(NCC1CCS(=O)(=O)C1)Nc1ccc(-n2cccn2)nc1. The van der Waals surface area contributed by atoms with Crippen molar-refractivity contribution < 1.29 is 13.2 Å². The first-order chi connectivity index (χ1) is 11.0. The zero-order chi connectivity index (χ0) is 16.3. The third kappa shape index (κ3) is 4.07. The van der Waals surface area contributed by atoms with Crippen LogP contribution in [0.25, 0.3) is 5.82 Å². The Hall–Kier alpha value is -2.42. The van der Waals surface area contributed by atoms with Crippen LogP contribution in [-0.4, -0.2) is 47.3 Å². The van der Waals surface area contributed by atoms with Gasteiger partial charge in [-0.05, 0) is 30.5 Å². The van der Waals surface area contributed by atoms with E-state index in [4.69, 9.17) is 0 Å². The van der Waals surface area contributed by atoms with Crippen molar-refractivity contribution in [2.75, 3.05) is 23.4 Å². The number of anilines is 1. The quantitative estimate of drug-likeness (QED) is 0.860. The van der Waals surface area contributed by atoms with Gasteiger partial charge >= 0.3 is 6.03 Å². The van der Waals surface area contributed by atoms with Gasteiger partial charge < -0.3 is 10.6 Å². The number of aromatic nitrogens is 3. The molecule has 0 bridgehead atoms. The molecule has 2 N–H and O–H groups in total. The van der Waals surface area contributed by atoms with Crippen molar-refractivity contribution in [2.45, 2.75) is 6.42 Å². The van der Waals surface area contributed by atoms with Crippen molar-refractivity contribution in [1.82, 2.24) is 20.1 Å². The van der Waals surface area contributed by atoms with Gasteiger partial charge in [-0.3, -0.25) is 0 Å². The van der Waals surface area contributed by atoms with Crippen LogP contribution in [0, 0.1) is 5.92 Å². The second kappa shape index (κ2) is 6.37. The highest BCUT2D eigenvalue weighted by Gasteiger charge is 2.27. The number of nitrogens with zero attached hydrogens (tertiary/aromatic N) is 3. The van der Waals surface area contributed by atoms with Crippen LogP contribution in [0.2, 0.25) is 0 Å². The predicted octanol–water partition coefficient (Wildman–Crippen LogP) is 0.823. The van der Waals surface area contributed by atoms with E-state index >= 15 is 0 Å². The van der Waals surface area contributed by atoms with Crippen LogP contribution in [0.4, 0.5) is 10.5 Å². The Kier molecular flexibility index (Phi) is 4.28. The molecule has 0 aliphatic carbocycles. The summed E-state index contributed by atoms with van der Waals surface area (Å²) in [6, 6.07) is 4.89. The fourth-order valence-electron chi connectivity index (χ4n) is 2.45. The third-order valence-electron chi connectivity index (χ3n) is 3.62. The van der Waals surface area contributed by atoms with Gasteiger partial charge in [-0.2, -0.15) is 5.10 Å². The number of carbonyl (C=O) groups excluding carboxylic acids is 1. The normalized spacial score (nSPS) is 19.4. The summed E-state index contributed by atoms with van der Waals surface area (Å²) in [4.78, 5) is 16.0. The molecule has 0 saturated carbocycles. The van der Waals surface area contributed by atoms with Crippen molar-refractivity contribution in [3.05, 3.63) is 36.8 Å². The maximum atomic E-state index is 11.8. The van der Waals surface area contributed by atoms with Crippen LogP contribution in [0.15, 0.2) is 36.8 Å². The van der Waals surface area contributed by atoms with E-state index in [2.05, 4.69) is 20.7 Å². The highest BCUT2D eigenvalue weighted by atomic mass is 32.2. The number of sulfone groups is 1. The van der Waals surface area contributed by atoms with E-state index in [0.29, 0.717) is 24.5 Å². The number of hydrogen-bond donors (Lipinski definition) is 2. The van der Waals surface area contributed by atoms with E-state index in [-0.39, 0.29) is 23.5 Å². The summed E-state index contributed by atoms with van der Waals surface area (Å²) < 4.78 is 24.3. The summed E-state index contributed by atoms with van der Waals surface area (Å²) >= 11 is 0. The van der Waals surface area contributed by atoms with E-state index in [9.17, 15) is 13.2 Å². The number of pyridine rings is 1. The number of urea groups is 1. The van der Waals surface area contributed by atoms with E-state index in [1.807, 2.05) is 0 Å². The molecule has 0 radical (unpaired) electrons. The predicted molar refractivity (Wildman–Crippen MR) is 85.1 cm³/mol. The fourth-order valence-corrected chi connectivity index (χ4v) is 4.31. The summed E-state index contributed by atoms with van der Waals surface area (Å²) in [6.07, 6.45) is 5.57. The largest absolute Gasteiger partial charge is 0.338 e. The number of hydrogen-bond acceptors (Lipinski definition) is 5. The third-order valence-corrected chi connectivity index (χ3v) is 5.46. The molecule has 3 rings (SSSR count). The minimum atomic E-state index is -2.92. The Morgan fingerprint density at radius 1 is 1.39 bits per heavy atom. The average molecular weight is 335 g/mol. The molecule has 3 heterocycles. The van der Waals surface area contributed by atoms with Gasteiger partial charge in [0.25, 0.3) is 0 Å². The molecule has 1 aliphatic heterocycles. The molecule has 1 unspecified atom stereocenters. The maximum absolute atomic E-state index is 11.8. The van der Waals surface area contributed by atoms with E-state index in [1.165, 1.54) is 6.20 Å². The van der Waals surface area contributed by atoms with Crippen molar-refractivity contribution in [3.63, 3.8) is 0 Å². The lowest BCUT2D eigenvalue weighted by Gasteiger charge is -2.11. The van der Waals surface area contributed by atoms with Gasteiger partial charge in [-0.1, -0.05) is 0 Å². The number of nitrogens with one attached hydrogen (secondary N) is 2. The monoisotopic (exact) mass is 335 g/mol. The first-order valence-electron chi connectivity index (χ1n) is 7.23. The Balaban J connectivity index is 1.50. The van der Waals surface area contributed by atoms with Crippen LogP contribution < -0.4 is 10.6 Å². The van der Waals surface area contributed by atoms with E-state index in [1.54, 1.807) is 35.3 Å². The van der Waals surface area contributed by atoms with Crippen molar-refractivity contribution in [1.29, 1.82) is 0 Å².